The Bertz CT molecular complexity index is 442. The standard InChI is InChI=1S/C14H17BrO2/c1-8(5-11-7-12(11)14(16)17)10-3-4-13(15)9(2)6-10/h3-4,6,8,11-12H,5,7H2,1-2H3,(H,16,17). The first kappa shape index (κ1) is 12.6. The smallest absolute Gasteiger partial charge is 0.306 e. The van der Waals surface area contributed by atoms with E-state index in [0.717, 1.165) is 17.3 Å². The summed E-state index contributed by atoms with van der Waals surface area (Å²) in [5.74, 6) is 0.103. The van der Waals surface area contributed by atoms with Crippen LogP contribution in [0.15, 0.2) is 22.7 Å². The van der Waals surface area contributed by atoms with Crippen LogP contribution in [0, 0.1) is 18.8 Å². The van der Waals surface area contributed by atoms with Gasteiger partial charge >= 0.3 is 5.97 Å². The van der Waals surface area contributed by atoms with Crippen molar-refractivity contribution in [1.82, 2.24) is 0 Å². The van der Waals surface area contributed by atoms with Crippen molar-refractivity contribution in [1.29, 1.82) is 0 Å². The highest BCUT2D eigenvalue weighted by atomic mass is 79.9. The molecule has 0 aliphatic heterocycles. The van der Waals surface area contributed by atoms with Crippen molar-refractivity contribution in [2.24, 2.45) is 11.8 Å². The van der Waals surface area contributed by atoms with E-state index in [-0.39, 0.29) is 5.92 Å². The second-order valence-corrected chi connectivity index (χ2v) is 5.94. The summed E-state index contributed by atoms with van der Waals surface area (Å²) >= 11 is 3.49. The predicted molar refractivity (Wildman–Crippen MR) is 71.1 cm³/mol. The van der Waals surface area contributed by atoms with Crippen LogP contribution in [0.25, 0.3) is 0 Å². The Hall–Kier alpha value is -0.830. The number of carboxylic acid groups (broad SMARTS) is 1. The van der Waals surface area contributed by atoms with Crippen molar-refractivity contribution in [3.05, 3.63) is 33.8 Å². The normalized spacial score (nSPS) is 24.4. The molecule has 17 heavy (non-hydrogen) atoms. The monoisotopic (exact) mass is 296 g/mol. The molecule has 0 bridgehead atoms. The van der Waals surface area contributed by atoms with Gasteiger partial charge in [-0.2, -0.15) is 0 Å². The molecule has 2 rings (SSSR count). The fourth-order valence-corrected chi connectivity index (χ4v) is 2.62. The molecule has 1 saturated carbocycles. The van der Waals surface area contributed by atoms with Gasteiger partial charge in [0, 0.05) is 4.47 Å². The van der Waals surface area contributed by atoms with Gasteiger partial charge < -0.3 is 5.11 Å². The summed E-state index contributed by atoms with van der Waals surface area (Å²) in [6.45, 7) is 4.26. The van der Waals surface area contributed by atoms with Gasteiger partial charge in [0.2, 0.25) is 0 Å². The molecular weight excluding hydrogens is 280 g/mol. The lowest BCUT2D eigenvalue weighted by Gasteiger charge is -2.12. The van der Waals surface area contributed by atoms with Gasteiger partial charge in [0.15, 0.2) is 0 Å². The van der Waals surface area contributed by atoms with Crippen LogP contribution >= 0.6 is 15.9 Å². The van der Waals surface area contributed by atoms with Gasteiger partial charge in [0.25, 0.3) is 0 Å². The van der Waals surface area contributed by atoms with Gasteiger partial charge in [-0.05, 0) is 48.8 Å². The number of carbonyl (C=O) groups is 1. The molecule has 0 amide bonds. The summed E-state index contributed by atoms with van der Waals surface area (Å²) in [6.07, 6.45) is 1.84. The average molecular weight is 297 g/mol. The molecule has 2 nitrogen and oxygen atoms in total. The van der Waals surface area contributed by atoms with Crippen LogP contribution in [-0.4, -0.2) is 11.1 Å². The van der Waals surface area contributed by atoms with Crippen LogP contribution in [0.1, 0.15) is 36.8 Å². The summed E-state index contributed by atoms with van der Waals surface area (Å²) in [6, 6.07) is 6.38. The summed E-state index contributed by atoms with van der Waals surface area (Å²) in [5, 5.41) is 8.88. The topological polar surface area (TPSA) is 37.3 Å². The lowest BCUT2D eigenvalue weighted by Crippen LogP contribution is -2.02. The number of carboxylic acids is 1. The molecule has 0 heterocycles. The minimum atomic E-state index is -0.630. The SMILES string of the molecule is Cc1cc(C(C)CC2CC2C(=O)O)ccc1Br. The summed E-state index contributed by atoms with van der Waals surface area (Å²) in [4.78, 5) is 10.8. The highest BCUT2D eigenvalue weighted by Gasteiger charge is 2.43. The summed E-state index contributed by atoms with van der Waals surface area (Å²) in [7, 11) is 0. The van der Waals surface area contributed by atoms with Crippen molar-refractivity contribution in [2.45, 2.75) is 32.6 Å². The molecule has 1 N–H and O–H groups in total. The van der Waals surface area contributed by atoms with Gasteiger partial charge in [-0.25, -0.2) is 0 Å². The van der Waals surface area contributed by atoms with Crippen LogP contribution < -0.4 is 0 Å². The van der Waals surface area contributed by atoms with E-state index in [1.165, 1.54) is 11.1 Å². The molecule has 0 aromatic heterocycles. The zero-order valence-corrected chi connectivity index (χ0v) is 11.7. The van der Waals surface area contributed by atoms with E-state index < -0.39 is 5.97 Å². The number of aliphatic carboxylic acids is 1. The number of hydrogen-bond acceptors (Lipinski definition) is 1. The maximum Gasteiger partial charge on any atom is 0.306 e. The first-order valence-electron chi connectivity index (χ1n) is 5.98. The molecule has 3 heteroatoms. The van der Waals surface area contributed by atoms with E-state index in [1.807, 2.05) is 0 Å². The number of aryl methyl sites for hydroxylation is 1. The molecule has 3 unspecified atom stereocenters. The lowest BCUT2D eigenvalue weighted by atomic mass is 9.94. The summed E-state index contributed by atoms with van der Waals surface area (Å²) in [5.41, 5.74) is 2.54. The van der Waals surface area contributed by atoms with Crippen molar-refractivity contribution < 1.29 is 9.90 Å². The third-order valence-corrected chi connectivity index (χ3v) is 4.54. The quantitative estimate of drug-likeness (QED) is 0.913. The van der Waals surface area contributed by atoms with Gasteiger partial charge in [0.1, 0.15) is 0 Å². The third kappa shape index (κ3) is 2.89. The number of benzene rings is 1. The van der Waals surface area contributed by atoms with Gasteiger partial charge in [-0.15, -0.1) is 0 Å². The molecular formula is C14H17BrO2. The predicted octanol–water partition coefficient (Wildman–Crippen LogP) is 3.97. The molecule has 0 spiro atoms. The minimum absolute atomic E-state index is 0.0889. The molecule has 0 radical (unpaired) electrons. The Morgan fingerprint density at radius 1 is 1.59 bits per heavy atom. The van der Waals surface area contributed by atoms with Crippen LogP contribution in [-0.2, 0) is 4.79 Å². The number of halogens is 1. The molecule has 1 fully saturated rings. The minimum Gasteiger partial charge on any atom is -0.481 e. The van der Waals surface area contributed by atoms with Crippen LogP contribution in [0.2, 0.25) is 0 Å². The number of hydrogen-bond donors (Lipinski definition) is 1. The molecule has 1 aromatic carbocycles. The highest BCUT2D eigenvalue weighted by Crippen LogP contribution is 2.45. The van der Waals surface area contributed by atoms with E-state index in [1.54, 1.807) is 0 Å². The van der Waals surface area contributed by atoms with Crippen molar-refractivity contribution in [3.63, 3.8) is 0 Å². The van der Waals surface area contributed by atoms with Gasteiger partial charge in [-0.3, -0.25) is 4.79 Å². The van der Waals surface area contributed by atoms with Crippen LogP contribution in [0.5, 0.6) is 0 Å². The Kier molecular flexibility index (Phi) is 3.57. The first-order chi connectivity index (χ1) is 7.99. The Morgan fingerprint density at radius 2 is 2.29 bits per heavy atom. The second-order valence-electron chi connectivity index (χ2n) is 5.09. The summed E-state index contributed by atoms with van der Waals surface area (Å²) < 4.78 is 1.13. The third-order valence-electron chi connectivity index (χ3n) is 3.65. The fourth-order valence-electron chi connectivity index (χ4n) is 2.38. The molecule has 0 saturated heterocycles. The van der Waals surface area contributed by atoms with Crippen molar-refractivity contribution in [3.8, 4) is 0 Å². The van der Waals surface area contributed by atoms with Gasteiger partial charge in [0.05, 0.1) is 5.92 Å². The zero-order valence-electron chi connectivity index (χ0n) is 10.1. The van der Waals surface area contributed by atoms with Crippen molar-refractivity contribution >= 4 is 21.9 Å². The molecule has 92 valence electrons. The molecule has 1 aliphatic rings. The Balaban J connectivity index is 1.98. The molecule has 1 aliphatic carbocycles. The fraction of sp³-hybridized carbons (Fsp3) is 0.500. The van der Waals surface area contributed by atoms with Crippen LogP contribution in [0.4, 0.5) is 0 Å². The molecule has 1 aromatic rings. The van der Waals surface area contributed by atoms with E-state index in [9.17, 15) is 4.79 Å². The lowest BCUT2D eigenvalue weighted by molar-refractivity contribution is -0.138. The highest BCUT2D eigenvalue weighted by molar-refractivity contribution is 9.10. The molecule has 3 atom stereocenters. The zero-order chi connectivity index (χ0) is 12.6. The number of rotatable bonds is 4. The average Bonchev–Trinajstić information content (AvgIpc) is 3.01. The van der Waals surface area contributed by atoms with Crippen LogP contribution in [0.3, 0.4) is 0 Å². The van der Waals surface area contributed by atoms with Crippen molar-refractivity contribution in [2.75, 3.05) is 0 Å². The second kappa shape index (κ2) is 4.81. The first-order valence-corrected chi connectivity index (χ1v) is 6.77. The Morgan fingerprint density at radius 3 is 2.82 bits per heavy atom. The van der Waals surface area contributed by atoms with E-state index >= 15 is 0 Å². The van der Waals surface area contributed by atoms with E-state index in [0.29, 0.717) is 11.8 Å². The Labute approximate surface area is 110 Å². The van der Waals surface area contributed by atoms with E-state index in [2.05, 4.69) is 48.0 Å². The maximum atomic E-state index is 10.8. The maximum absolute atomic E-state index is 10.8. The largest absolute Gasteiger partial charge is 0.481 e. The van der Waals surface area contributed by atoms with E-state index in [4.69, 9.17) is 5.11 Å². The van der Waals surface area contributed by atoms with Gasteiger partial charge in [-0.1, -0.05) is 35.0 Å².